The number of aromatic nitrogens is 2. The minimum atomic E-state index is -0.573. The molecule has 2 N–H and O–H groups in total. The third kappa shape index (κ3) is 3.28. The standard InChI is InChI=1S/C14H16N4O3S/c1-8(11(19)17-13(21)15-2)22-14-16-10-7-5-4-6-9(10)12(20)18(14)3/h4-8H,1-3H3,(H2,15,17,19,21). The van der Waals surface area contributed by atoms with Crippen LogP contribution in [0.5, 0.6) is 0 Å². The highest BCUT2D eigenvalue weighted by atomic mass is 32.2. The second kappa shape index (κ2) is 6.61. The Hall–Kier alpha value is -2.35. The molecule has 0 aliphatic heterocycles. The van der Waals surface area contributed by atoms with Gasteiger partial charge in [-0.15, -0.1) is 0 Å². The molecule has 116 valence electrons. The fourth-order valence-electron chi connectivity index (χ4n) is 1.79. The second-order valence-corrected chi connectivity index (χ2v) is 5.91. The van der Waals surface area contributed by atoms with Crippen LogP contribution in [0.15, 0.2) is 34.2 Å². The van der Waals surface area contributed by atoms with Crippen LogP contribution in [0.2, 0.25) is 0 Å². The molecule has 2 rings (SSSR count). The highest BCUT2D eigenvalue weighted by molar-refractivity contribution is 8.00. The molecule has 0 radical (unpaired) electrons. The Morgan fingerprint density at radius 3 is 2.68 bits per heavy atom. The van der Waals surface area contributed by atoms with Crippen molar-refractivity contribution in [2.75, 3.05) is 7.05 Å². The van der Waals surface area contributed by atoms with Gasteiger partial charge in [-0.05, 0) is 19.1 Å². The number of carbonyl (C=O) groups is 2. The molecule has 2 aromatic rings. The van der Waals surface area contributed by atoms with E-state index in [0.717, 1.165) is 11.8 Å². The molecule has 0 aliphatic rings. The predicted octanol–water partition coefficient (Wildman–Crippen LogP) is 0.870. The first-order valence-electron chi connectivity index (χ1n) is 6.59. The van der Waals surface area contributed by atoms with E-state index in [1.54, 1.807) is 38.2 Å². The number of imide groups is 1. The summed E-state index contributed by atoms with van der Waals surface area (Å²) in [4.78, 5) is 39.7. The van der Waals surface area contributed by atoms with Gasteiger partial charge in [0.2, 0.25) is 5.91 Å². The molecular weight excluding hydrogens is 304 g/mol. The number of benzene rings is 1. The maximum Gasteiger partial charge on any atom is 0.321 e. The lowest BCUT2D eigenvalue weighted by molar-refractivity contribution is -0.119. The molecule has 7 nitrogen and oxygen atoms in total. The van der Waals surface area contributed by atoms with E-state index in [0.29, 0.717) is 16.1 Å². The summed E-state index contributed by atoms with van der Waals surface area (Å²) in [5.74, 6) is -0.452. The molecule has 0 aliphatic carbocycles. The van der Waals surface area contributed by atoms with Crippen molar-refractivity contribution in [2.45, 2.75) is 17.3 Å². The van der Waals surface area contributed by atoms with E-state index in [2.05, 4.69) is 15.6 Å². The summed E-state index contributed by atoms with van der Waals surface area (Å²) in [6, 6.07) is 6.46. The van der Waals surface area contributed by atoms with Crippen LogP contribution in [0, 0.1) is 0 Å². The van der Waals surface area contributed by atoms with E-state index >= 15 is 0 Å². The first-order chi connectivity index (χ1) is 10.4. The van der Waals surface area contributed by atoms with Gasteiger partial charge in [0, 0.05) is 14.1 Å². The number of para-hydroxylation sites is 1. The van der Waals surface area contributed by atoms with Gasteiger partial charge < -0.3 is 5.32 Å². The fourth-order valence-corrected chi connectivity index (χ4v) is 2.66. The van der Waals surface area contributed by atoms with Gasteiger partial charge in [-0.2, -0.15) is 0 Å². The summed E-state index contributed by atoms with van der Waals surface area (Å²) < 4.78 is 1.40. The number of urea groups is 1. The minimum Gasteiger partial charge on any atom is -0.341 e. The van der Waals surface area contributed by atoms with Gasteiger partial charge in [-0.1, -0.05) is 23.9 Å². The van der Waals surface area contributed by atoms with Crippen LogP contribution < -0.4 is 16.2 Å². The van der Waals surface area contributed by atoms with Crippen molar-refractivity contribution in [3.63, 3.8) is 0 Å². The Bertz CT molecular complexity index is 787. The third-order valence-corrected chi connectivity index (χ3v) is 4.20. The SMILES string of the molecule is CNC(=O)NC(=O)C(C)Sc1nc2ccccc2c(=O)n1C. The first-order valence-corrected chi connectivity index (χ1v) is 7.47. The molecular formula is C14H16N4O3S. The summed E-state index contributed by atoms with van der Waals surface area (Å²) in [6.45, 7) is 1.64. The highest BCUT2D eigenvalue weighted by Crippen LogP contribution is 2.21. The molecule has 1 aromatic heterocycles. The van der Waals surface area contributed by atoms with Crippen molar-refractivity contribution in [1.82, 2.24) is 20.2 Å². The topological polar surface area (TPSA) is 93.1 Å². The van der Waals surface area contributed by atoms with Gasteiger partial charge in [0.25, 0.3) is 5.56 Å². The Morgan fingerprint density at radius 2 is 2.00 bits per heavy atom. The number of fused-ring (bicyclic) bond motifs is 1. The smallest absolute Gasteiger partial charge is 0.321 e. The monoisotopic (exact) mass is 320 g/mol. The summed E-state index contributed by atoms with van der Waals surface area (Å²) in [6.07, 6.45) is 0. The van der Waals surface area contributed by atoms with Crippen LogP contribution in [-0.2, 0) is 11.8 Å². The van der Waals surface area contributed by atoms with Crippen LogP contribution in [-0.4, -0.2) is 33.8 Å². The van der Waals surface area contributed by atoms with E-state index in [1.807, 2.05) is 0 Å². The summed E-state index contributed by atoms with van der Waals surface area (Å²) in [5, 5.41) is 4.88. The van der Waals surface area contributed by atoms with Gasteiger partial charge >= 0.3 is 6.03 Å². The van der Waals surface area contributed by atoms with Crippen molar-refractivity contribution < 1.29 is 9.59 Å². The average molecular weight is 320 g/mol. The third-order valence-electron chi connectivity index (χ3n) is 3.06. The molecule has 8 heteroatoms. The average Bonchev–Trinajstić information content (AvgIpc) is 2.52. The zero-order chi connectivity index (χ0) is 16.3. The Morgan fingerprint density at radius 1 is 1.32 bits per heavy atom. The lowest BCUT2D eigenvalue weighted by Crippen LogP contribution is -2.41. The summed E-state index contributed by atoms with van der Waals surface area (Å²) >= 11 is 1.12. The molecule has 22 heavy (non-hydrogen) atoms. The van der Waals surface area contributed by atoms with Crippen molar-refractivity contribution in [3.8, 4) is 0 Å². The second-order valence-electron chi connectivity index (χ2n) is 4.60. The lowest BCUT2D eigenvalue weighted by atomic mass is 10.2. The van der Waals surface area contributed by atoms with Crippen LogP contribution in [0.1, 0.15) is 6.92 Å². The van der Waals surface area contributed by atoms with E-state index in [4.69, 9.17) is 0 Å². The number of amides is 3. The van der Waals surface area contributed by atoms with E-state index < -0.39 is 17.2 Å². The fraction of sp³-hybridized carbons (Fsp3) is 0.286. The first kappa shape index (κ1) is 16.0. The van der Waals surface area contributed by atoms with Crippen molar-refractivity contribution >= 4 is 34.6 Å². The van der Waals surface area contributed by atoms with Crippen molar-refractivity contribution in [1.29, 1.82) is 0 Å². The summed E-state index contributed by atoms with van der Waals surface area (Å²) in [5.41, 5.74) is 0.402. The highest BCUT2D eigenvalue weighted by Gasteiger charge is 2.19. The molecule has 1 unspecified atom stereocenters. The number of rotatable bonds is 3. The van der Waals surface area contributed by atoms with Crippen LogP contribution in [0.3, 0.4) is 0 Å². The zero-order valence-electron chi connectivity index (χ0n) is 12.4. The molecule has 0 saturated heterocycles. The number of hydrogen-bond donors (Lipinski definition) is 2. The number of nitrogens with zero attached hydrogens (tertiary/aromatic N) is 2. The van der Waals surface area contributed by atoms with Crippen molar-refractivity contribution in [2.24, 2.45) is 7.05 Å². The van der Waals surface area contributed by atoms with Gasteiger partial charge in [0.1, 0.15) is 0 Å². The number of thioether (sulfide) groups is 1. The lowest BCUT2D eigenvalue weighted by Gasteiger charge is -2.13. The van der Waals surface area contributed by atoms with E-state index in [1.165, 1.54) is 11.6 Å². The van der Waals surface area contributed by atoms with Gasteiger partial charge in [0.15, 0.2) is 5.16 Å². The van der Waals surface area contributed by atoms with Crippen LogP contribution >= 0.6 is 11.8 Å². The molecule has 0 saturated carbocycles. The van der Waals surface area contributed by atoms with E-state index in [9.17, 15) is 14.4 Å². The normalized spacial score (nSPS) is 12.0. The molecule has 1 heterocycles. The quantitative estimate of drug-likeness (QED) is 0.646. The van der Waals surface area contributed by atoms with Crippen molar-refractivity contribution in [3.05, 3.63) is 34.6 Å². The Labute approximate surface area is 131 Å². The minimum absolute atomic E-state index is 0.174. The number of hydrogen-bond acceptors (Lipinski definition) is 5. The molecule has 0 bridgehead atoms. The zero-order valence-corrected chi connectivity index (χ0v) is 13.2. The van der Waals surface area contributed by atoms with Gasteiger partial charge in [-0.25, -0.2) is 9.78 Å². The van der Waals surface area contributed by atoms with Gasteiger partial charge in [-0.3, -0.25) is 19.5 Å². The molecule has 0 fully saturated rings. The van der Waals surface area contributed by atoms with E-state index in [-0.39, 0.29) is 5.56 Å². The molecule has 3 amide bonds. The molecule has 0 spiro atoms. The molecule has 1 atom stereocenters. The maximum atomic E-state index is 12.3. The summed E-state index contributed by atoms with van der Waals surface area (Å²) in [7, 11) is 3.03. The number of carbonyl (C=O) groups excluding carboxylic acids is 2. The Kier molecular flexibility index (Phi) is 4.81. The maximum absolute atomic E-state index is 12.3. The largest absolute Gasteiger partial charge is 0.341 e. The Balaban J connectivity index is 2.28. The molecule has 1 aromatic carbocycles. The van der Waals surface area contributed by atoms with Gasteiger partial charge in [0.05, 0.1) is 16.2 Å². The predicted molar refractivity (Wildman–Crippen MR) is 84.9 cm³/mol. The van der Waals surface area contributed by atoms with Crippen LogP contribution in [0.25, 0.3) is 10.9 Å². The van der Waals surface area contributed by atoms with Crippen LogP contribution in [0.4, 0.5) is 4.79 Å². The number of nitrogens with one attached hydrogen (secondary N) is 2.